The Morgan fingerprint density at radius 3 is 2.50 bits per heavy atom. The van der Waals surface area contributed by atoms with Crippen LogP contribution in [0.2, 0.25) is 0 Å². The minimum absolute atomic E-state index is 0.187. The van der Waals surface area contributed by atoms with Gasteiger partial charge in [-0.3, -0.25) is 4.79 Å². The second kappa shape index (κ2) is 8.60. The molecule has 1 aliphatic rings. The van der Waals surface area contributed by atoms with Gasteiger partial charge in [0.25, 0.3) is 5.91 Å². The van der Waals surface area contributed by atoms with Crippen LogP contribution in [0.5, 0.6) is 0 Å². The van der Waals surface area contributed by atoms with Crippen molar-refractivity contribution in [2.24, 2.45) is 0 Å². The van der Waals surface area contributed by atoms with Crippen LogP contribution in [-0.4, -0.2) is 52.0 Å². The second-order valence-electron chi connectivity index (χ2n) is 6.04. The zero-order chi connectivity index (χ0) is 17.6. The van der Waals surface area contributed by atoms with Crippen molar-refractivity contribution in [3.8, 4) is 0 Å². The first-order chi connectivity index (χ1) is 11.5. The summed E-state index contributed by atoms with van der Waals surface area (Å²) < 4.78 is 32.2. The number of hydrogen-bond acceptors (Lipinski definition) is 4. The van der Waals surface area contributed by atoms with E-state index in [1.807, 2.05) is 0 Å². The lowest BCUT2D eigenvalue weighted by Crippen LogP contribution is -2.32. The van der Waals surface area contributed by atoms with E-state index in [0.717, 1.165) is 31.2 Å². The third kappa shape index (κ3) is 4.55. The molecular formula is C17H26N2O4S. The van der Waals surface area contributed by atoms with Gasteiger partial charge in [0.05, 0.1) is 11.5 Å². The van der Waals surface area contributed by atoms with Crippen molar-refractivity contribution in [2.75, 3.05) is 33.4 Å². The summed E-state index contributed by atoms with van der Waals surface area (Å²) in [7, 11) is -1.99. The zero-order valence-electron chi connectivity index (χ0n) is 14.4. The molecule has 2 rings (SSSR count). The Morgan fingerprint density at radius 2 is 1.88 bits per heavy atom. The van der Waals surface area contributed by atoms with E-state index >= 15 is 0 Å². The molecule has 0 radical (unpaired) electrons. The van der Waals surface area contributed by atoms with Crippen LogP contribution in [0.4, 0.5) is 0 Å². The molecule has 0 bridgehead atoms. The first-order valence-corrected chi connectivity index (χ1v) is 9.79. The minimum Gasteiger partial charge on any atom is -0.383 e. The van der Waals surface area contributed by atoms with E-state index in [0.29, 0.717) is 31.8 Å². The van der Waals surface area contributed by atoms with Gasteiger partial charge in [-0.2, -0.15) is 4.31 Å². The van der Waals surface area contributed by atoms with Crippen molar-refractivity contribution in [2.45, 2.75) is 37.5 Å². The van der Waals surface area contributed by atoms with Gasteiger partial charge in [-0.05, 0) is 37.5 Å². The van der Waals surface area contributed by atoms with E-state index in [2.05, 4.69) is 5.32 Å². The molecule has 1 saturated heterocycles. The van der Waals surface area contributed by atoms with Crippen LogP contribution >= 0.6 is 0 Å². The molecule has 0 aliphatic carbocycles. The van der Waals surface area contributed by atoms with Crippen LogP contribution in [-0.2, 0) is 14.8 Å². The fraction of sp³-hybridized carbons (Fsp3) is 0.588. The van der Waals surface area contributed by atoms with Gasteiger partial charge in [-0.25, -0.2) is 8.42 Å². The van der Waals surface area contributed by atoms with Gasteiger partial charge in [0, 0.05) is 32.3 Å². The maximum Gasteiger partial charge on any atom is 0.251 e. The van der Waals surface area contributed by atoms with Crippen molar-refractivity contribution in [1.82, 2.24) is 9.62 Å². The number of benzene rings is 1. The Bertz CT molecular complexity index is 665. The predicted octanol–water partition coefficient (Wildman–Crippen LogP) is 1.94. The van der Waals surface area contributed by atoms with Crippen LogP contribution in [0.3, 0.4) is 0 Å². The molecule has 0 spiro atoms. The number of nitrogens with one attached hydrogen (secondary N) is 1. The molecular weight excluding hydrogens is 328 g/mol. The SMILES string of the molecule is COCCNC(=O)c1cc(S(=O)(=O)N2CCCCCC2)ccc1C. The summed E-state index contributed by atoms with van der Waals surface area (Å²) in [6, 6.07) is 4.76. The van der Waals surface area contributed by atoms with Crippen LogP contribution in [0, 0.1) is 6.92 Å². The van der Waals surface area contributed by atoms with Gasteiger partial charge in [0.15, 0.2) is 0 Å². The number of methoxy groups -OCH3 is 1. The summed E-state index contributed by atoms with van der Waals surface area (Å²) in [6.07, 6.45) is 3.89. The van der Waals surface area contributed by atoms with Crippen LogP contribution in [0.1, 0.15) is 41.6 Å². The molecule has 6 nitrogen and oxygen atoms in total. The minimum atomic E-state index is -3.55. The summed E-state index contributed by atoms with van der Waals surface area (Å²) in [6.45, 7) is 3.69. The highest BCUT2D eigenvalue weighted by Gasteiger charge is 2.26. The third-order valence-electron chi connectivity index (χ3n) is 4.25. The first kappa shape index (κ1) is 18.9. The predicted molar refractivity (Wildman–Crippen MR) is 92.6 cm³/mol. The van der Waals surface area contributed by atoms with Crippen LogP contribution in [0.15, 0.2) is 23.1 Å². The number of hydrogen-bond donors (Lipinski definition) is 1. The number of ether oxygens (including phenoxy) is 1. The van der Waals surface area contributed by atoms with Gasteiger partial charge < -0.3 is 10.1 Å². The number of nitrogens with zero attached hydrogens (tertiary/aromatic N) is 1. The van der Waals surface area contributed by atoms with Crippen molar-refractivity contribution < 1.29 is 17.9 Å². The molecule has 1 aromatic rings. The molecule has 24 heavy (non-hydrogen) atoms. The molecule has 1 aliphatic heterocycles. The molecule has 1 N–H and O–H groups in total. The Kier molecular flexibility index (Phi) is 6.77. The van der Waals surface area contributed by atoms with Gasteiger partial charge >= 0.3 is 0 Å². The average molecular weight is 354 g/mol. The molecule has 0 aromatic heterocycles. The fourth-order valence-electron chi connectivity index (χ4n) is 2.80. The normalized spacial score (nSPS) is 16.6. The Labute approximate surface area is 144 Å². The molecule has 1 amide bonds. The van der Waals surface area contributed by atoms with E-state index in [1.165, 1.54) is 10.4 Å². The molecule has 1 aromatic carbocycles. The highest BCUT2D eigenvalue weighted by atomic mass is 32.2. The molecule has 134 valence electrons. The van der Waals surface area contributed by atoms with E-state index in [9.17, 15) is 13.2 Å². The Morgan fingerprint density at radius 1 is 1.21 bits per heavy atom. The van der Waals surface area contributed by atoms with Crippen molar-refractivity contribution >= 4 is 15.9 Å². The van der Waals surface area contributed by atoms with Gasteiger partial charge in [-0.1, -0.05) is 18.9 Å². The quantitative estimate of drug-likeness (QED) is 0.792. The van der Waals surface area contributed by atoms with Crippen molar-refractivity contribution in [3.63, 3.8) is 0 Å². The number of aryl methyl sites for hydroxylation is 1. The Hall–Kier alpha value is -1.44. The van der Waals surface area contributed by atoms with Gasteiger partial charge in [-0.15, -0.1) is 0 Å². The molecule has 1 fully saturated rings. The molecule has 1 heterocycles. The molecule has 0 saturated carbocycles. The molecule has 7 heteroatoms. The second-order valence-corrected chi connectivity index (χ2v) is 7.98. The van der Waals surface area contributed by atoms with E-state index < -0.39 is 10.0 Å². The summed E-state index contributed by atoms with van der Waals surface area (Å²) >= 11 is 0. The lowest BCUT2D eigenvalue weighted by Gasteiger charge is -2.20. The lowest BCUT2D eigenvalue weighted by molar-refractivity contribution is 0.0936. The maximum absolute atomic E-state index is 12.9. The topological polar surface area (TPSA) is 75.7 Å². The number of sulfonamides is 1. The standard InChI is InChI=1S/C17H26N2O4S/c1-14-7-8-15(13-16(14)17(20)18-9-12-23-2)24(21,22)19-10-5-3-4-6-11-19/h7-8,13H,3-6,9-12H2,1-2H3,(H,18,20). The van der Waals surface area contributed by atoms with Gasteiger partial charge in [0.1, 0.15) is 0 Å². The fourth-order valence-corrected chi connectivity index (χ4v) is 4.34. The number of carbonyl (C=O) groups is 1. The average Bonchev–Trinajstić information content (AvgIpc) is 2.85. The highest BCUT2D eigenvalue weighted by molar-refractivity contribution is 7.89. The monoisotopic (exact) mass is 354 g/mol. The summed E-state index contributed by atoms with van der Waals surface area (Å²) in [5.41, 5.74) is 1.14. The van der Waals surface area contributed by atoms with Crippen LogP contribution in [0.25, 0.3) is 0 Å². The third-order valence-corrected chi connectivity index (χ3v) is 6.14. The molecule has 0 unspecified atom stereocenters. The lowest BCUT2D eigenvalue weighted by atomic mass is 10.1. The van der Waals surface area contributed by atoms with E-state index in [-0.39, 0.29) is 10.8 Å². The largest absolute Gasteiger partial charge is 0.383 e. The number of rotatable bonds is 6. The summed E-state index contributed by atoms with van der Waals surface area (Å²) in [4.78, 5) is 12.5. The smallest absolute Gasteiger partial charge is 0.251 e. The highest BCUT2D eigenvalue weighted by Crippen LogP contribution is 2.22. The first-order valence-electron chi connectivity index (χ1n) is 8.35. The number of carbonyl (C=O) groups excluding carboxylic acids is 1. The zero-order valence-corrected chi connectivity index (χ0v) is 15.2. The van der Waals surface area contributed by atoms with E-state index in [1.54, 1.807) is 26.2 Å². The Balaban J connectivity index is 2.24. The van der Waals surface area contributed by atoms with Crippen LogP contribution < -0.4 is 5.32 Å². The molecule has 0 atom stereocenters. The van der Waals surface area contributed by atoms with Crippen molar-refractivity contribution in [3.05, 3.63) is 29.3 Å². The van der Waals surface area contributed by atoms with Gasteiger partial charge in [0.2, 0.25) is 10.0 Å². The number of amides is 1. The van der Waals surface area contributed by atoms with Crippen molar-refractivity contribution in [1.29, 1.82) is 0 Å². The maximum atomic E-state index is 12.9. The van der Waals surface area contributed by atoms with E-state index in [4.69, 9.17) is 4.74 Å². The summed E-state index contributed by atoms with van der Waals surface area (Å²) in [5, 5.41) is 2.74. The summed E-state index contributed by atoms with van der Waals surface area (Å²) in [5.74, 6) is -0.280.